The number of unbranched alkanes of at least 4 members (excludes halogenated alkanes) is 1. The Balaban J connectivity index is 1.75. The molecule has 1 fully saturated rings. The number of hydrogen-bond donors (Lipinski definition) is 0. The fourth-order valence-corrected chi connectivity index (χ4v) is 4.82. The molecule has 0 N–H and O–H groups in total. The Morgan fingerprint density at radius 2 is 1.83 bits per heavy atom. The minimum Gasteiger partial charge on any atom is -0.354 e. The SMILES string of the molecule is CCCCC(=O)N1CCCN(c2nc([C@@H](C)CCC)nc3c2c(C)nn3-c2ccc(F)cc2)CC1. The van der Waals surface area contributed by atoms with Crippen LogP contribution in [0, 0.1) is 12.7 Å². The third-order valence-electron chi connectivity index (χ3n) is 6.83. The van der Waals surface area contributed by atoms with Gasteiger partial charge in [-0.1, -0.05) is 33.6 Å². The number of rotatable bonds is 8. The number of anilines is 1. The van der Waals surface area contributed by atoms with E-state index in [0.717, 1.165) is 85.8 Å². The highest BCUT2D eigenvalue weighted by molar-refractivity contribution is 5.91. The number of hydrogen-bond acceptors (Lipinski definition) is 5. The maximum Gasteiger partial charge on any atom is 0.222 e. The third-order valence-corrected chi connectivity index (χ3v) is 6.83. The number of fused-ring (bicyclic) bond motifs is 1. The van der Waals surface area contributed by atoms with Crippen LogP contribution in [0.2, 0.25) is 0 Å². The smallest absolute Gasteiger partial charge is 0.222 e. The van der Waals surface area contributed by atoms with E-state index in [2.05, 4.69) is 25.7 Å². The van der Waals surface area contributed by atoms with E-state index in [1.54, 1.807) is 16.8 Å². The summed E-state index contributed by atoms with van der Waals surface area (Å²) in [6, 6.07) is 6.34. The van der Waals surface area contributed by atoms with Crippen molar-refractivity contribution >= 4 is 22.8 Å². The topological polar surface area (TPSA) is 67.2 Å². The van der Waals surface area contributed by atoms with Gasteiger partial charge in [0.1, 0.15) is 17.5 Å². The number of halogens is 1. The van der Waals surface area contributed by atoms with Gasteiger partial charge < -0.3 is 9.80 Å². The molecular formula is C27H37FN6O. The molecule has 4 rings (SSSR count). The van der Waals surface area contributed by atoms with Crippen molar-refractivity contribution in [2.24, 2.45) is 0 Å². The maximum absolute atomic E-state index is 13.6. The van der Waals surface area contributed by atoms with Crippen LogP contribution in [0.3, 0.4) is 0 Å². The second kappa shape index (κ2) is 11.1. The summed E-state index contributed by atoms with van der Waals surface area (Å²) in [6.45, 7) is 11.4. The second-order valence-corrected chi connectivity index (χ2v) is 9.59. The summed E-state index contributed by atoms with van der Waals surface area (Å²) < 4.78 is 15.4. The summed E-state index contributed by atoms with van der Waals surface area (Å²) in [5.74, 6) is 1.87. The Kier molecular flexibility index (Phi) is 7.98. The first-order valence-corrected chi connectivity index (χ1v) is 13.0. The van der Waals surface area contributed by atoms with E-state index >= 15 is 0 Å². The van der Waals surface area contributed by atoms with Gasteiger partial charge in [0.05, 0.1) is 16.8 Å². The van der Waals surface area contributed by atoms with Gasteiger partial charge in [0.25, 0.3) is 0 Å². The lowest BCUT2D eigenvalue weighted by Gasteiger charge is -2.24. The summed E-state index contributed by atoms with van der Waals surface area (Å²) in [5, 5.41) is 5.72. The Morgan fingerprint density at radius 3 is 2.54 bits per heavy atom. The number of nitrogens with zero attached hydrogens (tertiary/aromatic N) is 6. The fraction of sp³-hybridized carbons (Fsp3) is 0.556. The zero-order valence-electron chi connectivity index (χ0n) is 21.4. The highest BCUT2D eigenvalue weighted by Crippen LogP contribution is 2.32. The zero-order valence-corrected chi connectivity index (χ0v) is 21.4. The normalized spacial score (nSPS) is 15.5. The zero-order chi connectivity index (χ0) is 24.9. The van der Waals surface area contributed by atoms with Crippen LogP contribution in [0.4, 0.5) is 10.2 Å². The van der Waals surface area contributed by atoms with Crippen LogP contribution >= 0.6 is 0 Å². The minimum absolute atomic E-state index is 0.208. The monoisotopic (exact) mass is 480 g/mol. The van der Waals surface area contributed by atoms with E-state index in [1.165, 1.54) is 12.1 Å². The molecule has 0 saturated carbocycles. The fourth-order valence-electron chi connectivity index (χ4n) is 4.82. The number of benzene rings is 1. The molecule has 0 radical (unpaired) electrons. The molecule has 1 saturated heterocycles. The molecule has 1 amide bonds. The molecule has 0 spiro atoms. The van der Waals surface area contributed by atoms with Gasteiger partial charge in [-0.05, 0) is 50.5 Å². The van der Waals surface area contributed by atoms with Crippen LogP contribution in [0.1, 0.15) is 76.7 Å². The molecule has 1 aromatic carbocycles. The van der Waals surface area contributed by atoms with Crippen molar-refractivity contribution in [3.05, 3.63) is 41.6 Å². The van der Waals surface area contributed by atoms with Crippen molar-refractivity contribution in [1.29, 1.82) is 0 Å². The Bertz CT molecular complexity index is 1160. The average molecular weight is 481 g/mol. The molecule has 0 unspecified atom stereocenters. The van der Waals surface area contributed by atoms with Crippen LogP contribution in [-0.4, -0.2) is 56.7 Å². The first-order chi connectivity index (χ1) is 16.9. The summed E-state index contributed by atoms with van der Waals surface area (Å²) in [7, 11) is 0. The molecule has 8 heteroatoms. The highest BCUT2D eigenvalue weighted by Gasteiger charge is 2.26. The Hall–Kier alpha value is -3.03. The van der Waals surface area contributed by atoms with Crippen LogP contribution < -0.4 is 4.90 Å². The van der Waals surface area contributed by atoms with E-state index in [0.29, 0.717) is 13.0 Å². The predicted octanol–water partition coefficient (Wildman–Crippen LogP) is 5.40. The molecule has 3 aromatic rings. The van der Waals surface area contributed by atoms with Crippen LogP contribution in [0.15, 0.2) is 24.3 Å². The van der Waals surface area contributed by atoms with Gasteiger partial charge in [-0.25, -0.2) is 19.0 Å². The van der Waals surface area contributed by atoms with Crippen LogP contribution in [0.5, 0.6) is 0 Å². The van der Waals surface area contributed by atoms with Crippen molar-refractivity contribution < 1.29 is 9.18 Å². The molecule has 2 aromatic heterocycles. The molecule has 7 nitrogen and oxygen atoms in total. The van der Waals surface area contributed by atoms with E-state index in [9.17, 15) is 9.18 Å². The number of amides is 1. The van der Waals surface area contributed by atoms with Gasteiger partial charge in [-0.15, -0.1) is 0 Å². The first-order valence-electron chi connectivity index (χ1n) is 13.0. The number of carbonyl (C=O) groups excluding carboxylic acids is 1. The average Bonchev–Trinajstić information content (AvgIpc) is 3.03. The molecule has 3 heterocycles. The molecule has 1 atom stereocenters. The number of aryl methyl sites for hydroxylation is 1. The number of aromatic nitrogens is 4. The van der Waals surface area contributed by atoms with Crippen molar-refractivity contribution in [1.82, 2.24) is 24.6 Å². The second-order valence-electron chi connectivity index (χ2n) is 9.59. The standard InChI is InChI=1S/C27H37FN6O/c1-5-7-10-23(35)32-15-8-16-33(18-17-32)26-24-20(4)31-34(22-13-11-21(28)12-14-22)27(24)30-25(29-26)19(3)9-6-2/h11-14,19H,5-10,15-18H2,1-4H3/t19-/m0/s1. The lowest BCUT2D eigenvalue weighted by atomic mass is 10.1. The van der Waals surface area contributed by atoms with Crippen molar-refractivity contribution in [3.63, 3.8) is 0 Å². The summed E-state index contributed by atoms with van der Waals surface area (Å²) in [6.07, 6.45) is 5.53. The van der Waals surface area contributed by atoms with Gasteiger partial charge in [0.2, 0.25) is 5.91 Å². The molecular weight excluding hydrogens is 443 g/mol. The molecule has 35 heavy (non-hydrogen) atoms. The molecule has 1 aliphatic heterocycles. The van der Waals surface area contributed by atoms with Gasteiger partial charge in [0.15, 0.2) is 5.65 Å². The van der Waals surface area contributed by atoms with E-state index in [4.69, 9.17) is 15.1 Å². The van der Waals surface area contributed by atoms with Crippen molar-refractivity contribution in [2.75, 3.05) is 31.1 Å². The highest BCUT2D eigenvalue weighted by atomic mass is 19.1. The van der Waals surface area contributed by atoms with Crippen LogP contribution in [-0.2, 0) is 4.79 Å². The molecule has 0 aliphatic carbocycles. The summed E-state index contributed by atoms with van der Waals surface area (Å²) >= 11 is 0. The van der Waals surface area contributed by atoms with Gasteiger partial charge in [-0.2, -0.15) is 5.10 Å². The van der Waals surface area contributed by atoms with Crippen LogP contribution in [0.25, 0.3) is 16.7 Å². The summed E-state index contributed by atoms with van der Waals surface area (Å²) in [5.41, 5.74) is 2.36. The van der Waals surface area contributed by atoms with E-state index < -0.39 is 0 Å². The minimum atomic E-state index is -0.280. The summed E-state index contributed by atoms with van der Waals surface area (Å²) in [4.78, 5) is 27.0. The molecule has 1 aliphatic rings. The van der Waals surface area contributed by atoms with Gasteiger partial charge in [0, 0.05) is 38.5 Å². The van der Waals surface area contributed by atoms with Gasteiger partial charge >= 0.3 is 0 Å². The Labute approximate surface area is 207 Å². The van der Waals surface area contributed by atoms with Crippen molar-refractivity contribution in [3.8, 4) is 5.69 Å². The van der Waals surface area contributed by atoms with E-state index in [1.807, 2.05) is 11.8 Å². The third kappa shape index (κ3) is 5.46. The number of carbonyl (C=O) groups is 1. The lowest BCUT2D eigenvalue weighted by molar-refractivity contribution is -0.131. The van der Waals surface area contributed by atoms with Crippen molar-refractivity contribution in [2.45, 2.75) is 72.1 Å². The quantitative estimate of drug-likeness (QED) is 0.432. The molecule has 188 valence electrons. The lowest BCUT2D eigenvalue weighted by Crippen LogP contribution is -2.35. The predicted molar refractivity (Wildman–Crippen MR) is 138 cm³/mol. The largest absolute Gasteiger partial charge is 0.354 e. The Morgan fingerprint density at radius 1 is 1.06 bits per heavy atom. The van der Waals surface area contributed by atoms with E-state index in [-0.39, 0.29) is 17.6 Å². The molecule has 0 bridgehead atoms. The van der Waals surface area contributed by atoms with Gasteiger partial charge in [-0.3, -0.25) is 4.79 Å². The maximum atomic E-state index is 13.6. The first kappa shape index (κ1) is 25.1.